The van der Waals surface area contributed by atoms with Gasteiger partial charge in [-0.2, -0.15) is 5.26 Å². The third kappa shape index (κ3) is 5.38. The number of hydrogen-bond acceptors (Lipinski definition) is 3. The summed E-state index contributed by atoms with van der Waals surface area (Å²) in [6.07, 6.45) is 1.42. The molecule has 1 unspecified atom stereocenters. The van der Waals surface area contributed by atoms with Gasteiger partial charge in [0.2, 0.25) is 5.91 Å². The number of nitrogens with one attached hydrogen (secondary N) is 1. The molecule has 0 bridgehead atoms. The number of carbonyl (C=O) groups is 1. The van der Waals surface area contributed by atoms with Crippen molar-refractivity contribution in [1.82, 2.24) is 10.2 Å². The molecule has 0 saturated heterocycles. The highest BCUT2D eigenvalue weighted by atomic mass is 16.2. The average Bonchev–Trinajstić information content (AvgIpc) is 2.26. The fourth-order valence-corrected chi connectivity index (χ4v) is 1.38. The largest absolute Gasteiger partial charge is 0.355 e. The molecule has 0 aliphatic rings. The highest BCUT2D eigenvalue weighted by Gasteiger charge is 2.18. The topological polar surface area (TPSA) is 56.1 Å². The van der Waals surface area contributed by atoms with Gasteiger partial charge in [0, 0.05) is 19.5 Å². The van der Waals surface area contributed by atoms with E-state index in [0.29, 0.717) is 13.0 Å². The third-order valence-corrected chi connectivity index (χ3v) is 2.39. The highest BCUT2D eigenvalue weighted by Crippen LogP contribution is 2.00. The number of hydrogen-bond donors (Lipinski definition) is 1. The van der Waals surface area contributed by atoms with Gasteiger partial charge in [0.1, 0.15) is 0 Å². The summed E-state index contributed by atoms with van der Waals surface area (Å²) in [6, 6.07) is 1.95. The summed E-state index contributed by atoms with van der Waals surface area (Å²) < 4.78 is 0. The Kier molecular flexibility index (Phi) is 7.65. The fourth-order valence-electron chi connectivity index (χ4n) is 1.38. The molecule has 0 aromatic heterocycles. The van der Waals surface area contributed by atoms with Gasteiger partial charge >= 0.3 is 0 Å². The first kappa shape index (κ1) is 13.9. The number of nitriles is 1. The van der Waals surface area contributed by atoms with E-state index >= 15 is 0 Å². The van der Waals surface area contributed by atoms with Gasteiger partial charge in [-0.15, -0.1) is 0 Å². The van der Waals surface area contributed by atoms with E-state index in [2.05, 4.69) is 11.4 Å². The van der Waals surface area contributed by atoms with E-state index in [1.165, 1.54) is 0 Å². The Hall–Kier alpha value is -1.08. The first-order valence-corrected chi connectivity index (χ1v) is 5.56. The molecule has 4 nitrogen and oxygen atoms in total. The molecular weight excluding hydrogens is 190 g/mol. The Morgan fingerprint density at radius 1 is 1.53 bits per heavy atom. The van der Waals surface area contributed by atoms with Crippen LogP contribution in [-0.2, 0) is 4.79 Å². The molecule has 0 aromatic rings. The van der Waals surface area contributed by atoms with E-state index in [1.54, 1.807) is 0 Å². The minimum absolute atomic E-state index is 0.0524. The van der Waals surface area contributed by atoms with E-state index in [4.69, 9.17) is 5.26 Å². The first-order chi connectivity index (χ1) is 7.17. The molecule has 0 saturated carbocycles. The second-order valence-electron chi connectivity index (χ2n) is 3.50. The Balaban J connectivity index is 4.06. The van der Waals surface area contributed by atoms with Gasteiger partial charge in [-0.05, 0) is 19.9 Å². The van der Waals surface area contributed by atoms with Crippen molar-refractivity contribution >= 4 is 5.91 Å². The Morgan fingerprint density at radius 3 is 2.67 bits per heavy atom. The van der Waals surface area contributed by atoms with Crippen molar-refractivity contribution in [2.24, 2.45) is 0 Å². The van der Waals surface area contributed by atoms with Crippen molar-refractivity contribution in [2.75, 3.05) is 19.6 Å². The molecule has 1 atom stereocenters. The summed E-state index contributed by atoms with van der Waals surface area (Å²) in [5, 5.41) is 11.4. The van der Waals surface area contributed by atoms with Crippen LogP contribution < -0.4 is 5.32 Å². The SMILES string of the molecule is CCCNC(=O)C(C)N(CC)CCC#N. The van der Waals surface area contributed by atoms with Gasteiger partial charge in [-0.3, -0.25) is 9.69 Å². The van der Waals surface area contributed by atoms with E-state index in [0.717, 1.165) is 19.5 Å². The molecule has 1 amide bonds. The van der Waals surface area contributed by atoms with E-state index in [9.17, 15) is 4.79 Å². The van der Waals surface area contributed by atoms with Crippen molar-refractivity contribution in [3.63, 3.8) is 0 Å². The Bertz CT molecular complexity index is 222. The molecule has 0 rings (SSSR count). The molecule has 0 aliphatic heterocycles. The molecule has 4 heteroatoms. The molecule has 1 N–H and O–H groups in total. The summed E-state index contributed by atoms with van der Waals surface area (Å²) >= 11 is 0. The standard InChI is InChI=1S/C11H21N3O/c1-4-8-13-11(15)10(3)14(5-2)9-6-7-12/h10H,4-6,8-9H2,1-3H3,(H,13,15). The van der Waals surface area contributed by atoms with Crippen LogP contribution in [0.3, 0.4) is 0 Å². The molecule has 15 heavy (non-hydrogen) atoms. The summed E-state index contributed by atoms with van der Waals surface area (Å²) in [6.45, 7) is 8.08. The zero-order valence-electron chi connectivity index (χ0n) is 9.92. The van der Waals surface area contributed by atoms with Crippen molar-refractivity contribution in [2.45, 2.75) is 39.7 Å². The second-order valence-corrected chi connectivity index (χ2v) is 3.50. The van der Waals surface area contributed by atoms with E-state index in [-0.39, 0.29) is 11.9 Å². The maximum absolute atomic E-state index is 11.6. The molecule has 0 aliphatic carbocycles. The average molecular weight is 211 g/mol. The van der Waals surface area contributed by atoms with Crippen molar-refractivity contribution in [1.29, 1.82) is 5.26 Å². The maximum atomic E-state index is 11.6. The van der Waals surface area contributed by atoms with Gasteiger partial charge in [0.15, 0.2) is 0 Å². The van der Waals surface area contributed by atoms with Crippen LogP contribution in [-0.4, -0.2) is 36.5 Å². The predicted molar refractivity (Wildman–Crippen MR) is 60.2 cm³/mol. The van der Waals surface area contributed by atoms with E-state index in [1.807, 2.05) is 25.7 Å². The molecule has 0 aromatic carbocycles. The normalized spacial score (nSPS) is 12.2. The van der Waals surface area contributed by atoms with Gasteiger partial charge in [-0.1, -0.05) is 13.8 Å². The fraction of sp³-hybridized carbons (Fsp3) is 0.818. The van der Waals surface area contributed by atoms with Crippen molar-refractivity contribution in [3.8, 4) is 6.07 Å². The molecular formula is C11H21N3O. The summed E-state index contributed by atoms with van der Waals surface area (Å²) in [5.74, 6) is 0.0524. The zero-order chi connectivity index (χ0) is 11.7. The Labute approximate surface area is 92.3 Å². The van der Waals surface area contributed by atoms with Crippen molar-refractivity contribution < 1.29 is 4.79 Å². The first-order valence-electron chi connectivity index (χ1n) is 5.56. The zero-order valence-corrected chi connectivity index (χ0v) is 9.92. The minimum Gasteiger partial charge on any atom is -0.355 e. The van der Waals surface area contributed by atoms with E-state index < -0.39 is 0 Å². The number of carbonyl (C=O) groups excluding carboxylic acids is 1. The van der Waals surface area contributed by atoms with Crippen LogP contribution in [0.1, 0.15) is 33.6 Å². The lowest BCUT2D eigenvalue weighted by Gasteiger charge is -2.25. The Morgan fingerprint density at radius 2 is 2.20 bits per heavy atom. The monoisotopic (exact) mass is 211 g/mol. The second kappa shape index (κ2) is 8.25. The smallest absolute Gasteiger partial charge is 0.237 e. The molecule has 0 radical (unpaired) electrons. The van der Waals surface area contributed by atoms with Crippen LogP contribution in [0.25, 0.3) is 0 Å². The number of nitrogens with zero attached hydrogens (tertiary/aromatic N) is 2. The van der Waals surface area contributed by atoms with Crippen LogP contribution in [0.15, 0.2) is 0 Å². The van der Waals surface area contributed by atoms with Gasteiger partial charge in [0.25, 0.3) is 0 Å². The number of rotatable bonds is 7. The lowest BCUT2D eigenvalue weighted by atomic mass is 10.2. The number of likely N-dealkylation sites (N-methyl/N-ethyl adjacent to an activating group) is 1. The van der Waals surface area contributed by atoms with Crippen LogP contribution in [0.5, 0.6) is 0 Å². The third-order valence-electron chi connectivity index (χ3n) is 2.39. The summed E-state index contributed by atoms with van der Waals surface area (Å²) in [7, 11) is 0. The predicted octanol–water partition coefficient (Wildman–Crippen LogP) is 1.14. The van der Waals surface area contributed by atoms with Gasteiger partial charge in [0.05, 0.1) is 12.1 Å². The van der Waals surface area contributed by atoms with Gasteiger partial charge in [-0.25, -0.2) is 0 Å². The quantitative estimate of drug-likeness (QED) is 0.687. The summed E-state index contributed by atoms with van der Waals surface area (Å²) in [5.41, 5.74) is 0. The number of amides is 1. The summed E-state index contributed by atoms with van der Waals surface area (Å²) in [4.78, 5) is 13.6. The van der Waals surface area contributed by atoms with Gasteiger partial charge < -0.3 is 5.32 Å². The lowest BCUT2D eigenvalue weighted by Crippen LogP contribution is -2.45. The van der Waals surface area contributed by atoms with Crippen LogP contribution >= 0.6 is 0 Å². The molecule has 86 valence electrons. The maximum Gasteiger partial charge on any atom is 0.237 e. The highest BCUT2D eigenvalue weighted by molar-refractivity contribution is 5.81. The lowest BCUT2D eigenvalue weighted by molar-refractivity contribution is -0.125. The van der Waals surface area contributed by atoms with Crippen molar-refractivity contribution in [3.05, 3.63) is 0 Å². The van der Waals surface area contributed by atoms with Crippen LogP contribution in [0.2, 0.25) is 0 Å². The molecule has 0 spiro atoms. The molecule has 0 heterocycles. The minimum atomic E-state index is -0.144. The van der Waals surface area contributed by atoms with Crippen LogP contribution in [0, 0.1) is 11.3 Å². The molecule has 0 fully saturated rings. The van der Waals surface area contributed by atoms with Crippen LogP contribution in [0.4, 0.5) is 0 Å².